The maximum Gasteiger partial charge on any atom is 0.294 e. The van der Waals surface area contributed by atoms with Crippen LogP contribution in [0, 0.1) is 5.92 Å². The van der Waals surface area contributed by atoms with E-state index in [1.54, 1.807) is 18.3 Å². The standard InChI is InChI=1S/C25H30ClN5O3/c1-16(2)33-11-12-34-19-7-8-21(26)20(15-19)18-9-10-27-22(14-18)29-25(32)24-28-23(30-31-24)13-17-5-3-4-6-17/h7-10,14-17H,3-6,11-13H2,1-2H3,(H,27,29,32)(H,28,30,31). The molecule has 0 saturated heterocycles. The molecule has 1 aliphatic rings. The molecule has 0 spiro atoms. The lowest BCUT2D eigenvalue weighted by atomic mass is 10.0. The van der Waals surface area contributed by atoms with Crippen molar-refractivity contribution in [3.05, 3.63) is 53.2 Å². The van der Waals surface area contributed by atoms with Gasteiger partial charge >= 0.3 is 0 Å². The summed E-state index contributed by atoms with van der Waals surface area (Å²) in [5, 5.41) is 11.5. The van der Waals surface area contributed by atoms with Crippen LogP contribution in [0.2, 0.25) is 5.02 Å². The Balaban J connectivity index is 1.41. The van der Waals surface area contributed by atoms with E-state index in [9.17, 15) is 4.79 Å². The van der Waals surface area contributed by atoms with Crippen LogP contribution in [0.4, 0.5) is 5.82 Å². The number of rotatable bonds is 10. The van der Waals surface area contributed by atoms with Crippen molar-refractivity contribution in [2.75, 3.05) is 18.5 Å². The highest BCUT2D eigenvalue weighted by molar-refractivity contribution is 6.33. The average molecular weight is 484 g/mol. The first-order chi connectivity index (χ1) is 16.5. The maximum atomic E-state index is 12.7. The summed E-state index contributed by atoms with van der Waals surface area (Å²) >= 11 is 6.45. The Hall–Kier alpha value is -2.97. The molecular weight excluding hydrogens is 454 g/mol. The summed E-state index contributed by atoms with van der Waals surface area (Å²) < 4.78 is 11.3. The van der Waals surface area contributed by atoms with Crippen molar-refractivity contribution >= 4 is 23.3 Å². The second-order valence-corrected chi connectivity index (χ2v) is 9.18. The minimum absolute atomic E-state index is 0.158. The Morgan fingerprint density at radius 3 is 2.79 bits per heavy atom. The van der Waals surface area contributed by atoms with Crippen LogP contribution in [-0.4, -0.2) is 45.4 Å². The van der Waals surface area contributed by atoms with Crippen LogP contribution in [0.25, 0.3) is 11.1 Å². The Morgan fingerprint density at radius 2 is 2.00 bits per heavy atom. The van der Waals surface area contributed by atoms with Crippen LogP contribution in [0.15, 0.2) is 36.5 Å². The molecule has 1 aliphatic carbocycles. The van der Waals surface area contributed by atoms with E-state index in [0.29, 0.717) is 35.7 Å². The van der Waals surface area contributed by atoms with E-state index in [2.05, 4.69) is 25.5 Å². The molecule has 34 heavy (non-hydrogen) atoms. The molecule has 0 bridgehead atoms. The summed E-state index contributed by atoms with van der Waals surface area (Å²) in [4.78, 5) is 20.0. The molecule has 0 radical (unpaired) electrons. The van der Waals surface area contributed by atoms with Crippen LogP contribution in [0.5, 0.6) is 5.75 Å². The number of anilines is 1. The molecule has 1 amide bonds. The number of aromatic nitrogens is 4. The van der Waals surface area contributed by atoms with E-state index in [1.165, 1.54) is 25.7 Å². The fraction of sp³-hybridized carbons (Fsp3) is 0.440. The summed E-state index contributed by atoms with van der Waals surface area (Å²) in [6, 6.07) is 9.06. The smallest absolute Gasteiger partial charge is 0.294 e. The molecule has 0 unspecified atom stereocenters. The SMILES string of the molecule is CC(C)OCCOc1ccc(Cl)c(-c2ccnc(NC(=O)c3nnc(CC4CCCC4)[nH]3)c2)c1. The summed E-state index contributed by atoms with van der Waals surface area (Å²) in [7, 11) is 0. The molecule has 9 heteroatoms. The van der Waals surface area contributed by atoms with Crippen LogP contribution in [0.1, 0.15) is 56.0 Å². The molecule has 2 aromatic heterocycles. The number of amides is 1. The first-order valence-electron chi connectivity index (χ1n) is 11.7. The highest BCUT2D eigenvalue weighted by atomic mass is 35.5. The Bertz CT molecular complexity index is 1110. The fourth-order valence-corrected chi connectivity index (χ4v) is 4.31. The predicted molar refractivity (Wildman–Crippen MR) is 131 cm³/mol. The average Bonchev–Trinajstić information content (AvgIpc) is 3.50. The Labute approximate surface area is 204 Å². The number of nitrogens with zero attached hydrogens (tertiary/aromatic N) is 3. The van der Waals surface area contributed by atoms with Crippen molar-refractivity contribution in [3.63, 3.8) is 0 Å². The van der Waals surface area contributed by atoms with E-state index in [4.69, 9.17) is 21.1 Å². The number of carbonyl (C=O) groups excluding carboxylic acids is 1. The summed E-state index contributed by atoms with van der Waals surface area (Å²) in [6.45, 7) is 4.91. The lowest BCUT2D eigenvalue weighted by Gasteiger charge is -2.12. The number of nitrogens with one attached hydrogen (secondary N) is 2. The van der Waals surface area contributed by atoms with Gasteiger partial charge in [-0.3, -0.25) is 4.79 Å². The zero-order chi connectivity index (χ0) is 23.9. The van der Waals surface area contributed by atoms with Gasteiger partial charge in [-0.2, -0.15) is 0 Å². The second kappa shape index (κ2) is 11.4. The molecule has 1 aromatic carbocycles. The molecular formula is C25H30ClN5O3. The van der Waals surface area contributed by atoms with Gasteiger partial charge in [-0.25, -0.2) is 4.98 Å². The number of carbonyl (C=O) groups is 1. The molecule has 3 aromatic rings. The predicted octanol–water partition coefficient (Wildman–Crippen LogP) is 5.31. The lowest BCUT2D eigenvalue weighted by molar-refractivity contribution is 0.0553. The van der Waals surface area contributed by atoms with Gasteiger partial charge in [0.15, 0.2) is 0 Å². The third-order valence-corrected chi connectivity index (χ3v) is 6.09. The molecule has 180 valence electrons. The number of ether oxygens (including phenoxy) is 2. The normalized spacial score (nSPS) is 14.0. The van der Waals surface area contributed by atoms with Crippen molar-refractivity contribution in [3.8, 4) is 16.9 Å². The van der Waals surface area contributed by atoms with Crippen molar-refractivity contribution < 1.29 is 14.3 Å². The van der Waals surface area contributed by atoms with Crippen LogP contribution in [0.3, 0.4) is 0 Å². The quantitative estimate of drug-likeness (QED) is 0.379. The van der Waals surface area contributed by atoms with E-state index < -0.39 is 0 Å². The number of hydrogen-bond acceptors (Lipinski definition) is 6. The second-order valence-electron chi connectivity index (χ2n) is 8.77. The van der Waals surface area contributed by atoms with Gasteiger partial charge in [0.1, 0.15) is 24.0 Å². The lowest BCUT2D eigenvalue weighted by Crippen LogP contribution is -2.15. The Morgan fingerprint density at radius 1 is 1.18 bits per heavy atom. The molecule has 8 nitrogen and oxygen atoms in total. The summed E-state index contributed by atoms with van der Waals surface area (Å²) in [6.07, 6.45) is 7.55. The molecule has 0 atom stereocenters. The van der Waals surface area contributed by atoms with Gasteiger partial charge in [0.05, 0.1) is 12.7 Å². The number of H-pyrrole nitrogens is 1. The van der Waals surface area contributed by atoms with E-state index >= 15 is 0 Å². The first kappa shape index (κ1) is 24.2. The highest BCUT2D eigenvalue weighted by Gasteiger charge is 2.19. The molecule has 4 rings (SSSR count). The molecule has 1 saturated carbocycles. The Kier molecular flexibility index (Phi) is 8.13. The van der Waals surface area contributed by atoms with Crippen molar-refractivity contribution in [2.45, 2.75) is 52.1 Å². The number of aromatic amines is 1. The maximum absolute atomic E-state index is 12.7. The first-order valence-corrected chi connectivity index (χ1v) is 12.1. The zero-order valence-corrected chi connectivity index (χ0v) is 20.3. The fourth-order valence-electron chi connectivity index (χ4n) is 4.08. The monoisotopic (exact) mass is 483 g/mol. The minimum Gasteiger partial charge on any atom is -0.491 e. The largest absolute Gasteiger partial charge is 0.491 e. The van der Waals surface area contributed by atoms with E-state index in [1.807, 2.05) is 32.0 Å². The molecule has 2 N–H and O–H groups in total. The number of benzene rings is 1. The number of pyridine rings is 1. The topological polar surface area (TPSA) is 102 Å². The van der Waals surface area contributed by atoms with Gasteiger partial charge in [-0.15, -0.1) is 10.2 Å². The van der Waals surface area contributed by atoms with Crippen molar-refractivity contribution in [1.29, 1.82) is 0 Å². The molecule has 1 fully saturated rings. The molecule has 0 aliphatic heterocycles. The number of hydrogen-bond donors (Lipinski definition) is 2. The highest BCUT2D eigenvalue weighted by Crippen LogP contribution is 2.32. The van der Waals surface area contributed by atoms with Gasteiger partial charge in [-0.1, -0.05) is 37.3 Å². The van der Waals surface area contributed by atoms with Crippen LogP contribution < -0.4 is 10.1 Å². The van der Waals surface area contributed by atoms with Gasteiger partial charge in [-0.05, 0) is 55.7 Å². The van der Waals surface area contributed by atoms with Gasteiger partial charge < -0.3 is 19.8 Å². The third kappa shape index (κ3) is 6.55. The van der Waals surface area contributed by atoms with Crippen LogP contribution >= 0.6 is 11.6 Å². The van der Waals surface area contributed by atoms with E-state index in [0.717, 1.165) is 23.4 Å². The summed E-state index contributed by atoms with van der Waals surface area (Å²) in [5.41, 5.74) is 1.58. The number of halogens is 1. The summed E-state index contributed by atoms with van der Waals surface area (Å²) in [5.74, 6) is 2.24. The zero-order valence-electron chi connectivity index (χ0n) is 19.5. The van der Waals surface area contributed by atoms with Gasteiger partial charge in [0.25, 0.3) is 5.91 Å². The van der Waals surface area contributed by atoms with Gasteiger partial charge in [0.2, 0.25) is 5.82 Å². The van der Waals surface area contributed by atoms with Crippen molar-refractivity contribution in [2.24, 2.45) is 5.92 Å². The minimum atomic E-state index is -0.386. The van der Waals surface area contributed by atoms with Crippen molar-refractivity contribution in [1.82, 2.24) is 20.2 Å². The van der Waals surface area contributed by atoms with E-state index in [-0.39, 0.29) is 17.8 Å². The van der Waals surface area contributed by atoms with Crippen LogP contribution in [-0.2, 0) is 11.2 Å². The van der Waals surface area contributed by atoms with Gasteiger partial charge in [0, 0.05) is 23.2 Å². The molecule has 2 heterocycles. The third-order valence-electron chi connectivity index (χ3n) is 5.76.